The van der Waals surface area contributed by atoms with Crippen LogP contribution in [0.25, 0.3) is 0 Å². The van der Waals surface area contributed by atoms with Gasteiger partial charge in [-0.25, -0.2) is 4.79 Å². The largest absolute Gasteiger partial charge is 0.497 e. The van der Waals surface area contributed by atoms with E-state index in [0.29, 0.717) is 18.6 Å². The standard InChI is InChI=1S/C20H28N2O5/c1-12(2)11-16(20(25)26)21-19(24)15-9-10-17(23)22(3)18(15)13-5-7-14(27-4)8-6-13/h5-8,12,15-16,18H,9-11H2,1-4H3,(H,21,24)(H,25,26)/t15?,16-,18?/m1/s1. The fraction of sp³-hybridized carbons (Fsp3) is 0.550. The van der Waals surface area contributed by atoms with Gasteiger partial charge in [0.1, 0.15) is 11.8 Å². The molecule has 1 heterocycles. The summed E-state index contributed by atoms with van der Waals surface area (Å²) in [6, 6.07) is 5.87. The topological polar surface area (TPSA) is 95.9 Å². The van der Waals surface area contributed by atoms with Crippen molar-refractivity contribution >= 4 is 17.8 Å². The summed E-state index contributed by atoms with van der Waals surface area (Å²) in [4.78, 5) is 38.2. The molecule has 0 aliphatic carbocycles. The maximum absolute atomic E-state index is 12.9. The Balaban J connectivity index is 2.26. The molecule has 1 aromatic rings. The predicted octanol–water partition coefficient (Wildman–Crippen LogP) is 2.22. The van der Waals surface area contributed by atoms with Crippen LogP contribution >= 0.6 is 0 Å². The average molecular weight is 376 g/mol. The van der Waals surface area contributed by atoms with Crippen LogP contribution in [-0.4, -0.2) is 48.0 Å². The van der Waals surface area contributed by atoms with Crippen LogP contribution in [0.5, 0.6) is 5.75 Å². The monoisotopic (exact) mass is 376 g/mol. The van der Waals surface area contributed by atoms with Gasteiger partial charge < -0.3 is 20.1 Å². The number of methoxy groups -OCH3 is 1. The van der Waals surface area contributed by atoms with E-state index in [1.165, 1.54) is 0 Å². The normalized spacial score (nSPS) is 21.1. The third kappa shape index (κ3) is 4.99. The van der Waals surface area contributed by atoms with Gasteiger partial charge in [-0.2, -0.15) is 0 Å². The highest BCUT2D eigenvalue weighted by molar-refractivity contribution is 5.88. The van der Waals surface area contributed by atoms with Crippen LogP contribution in [0.2, 0.25) is 0 Å². The van der Waals surface area contributed by atoms with Crippen LogP contribution in [0, 0.1) is 11.8 Å². The highest BCUT2D eigenvalue weighted by Gasteiger charge is 2.40. The van der Waals surface area contributed by atoms with Crippen molar-refractivity contribution in [3.05, 3.63) is 29.8 Å². The molecule has 0 spiro atoms. The maximum Gasteiger partial charge on any atom is 0.326 e. The van der Waals surface area contributed by atoms with Gasteiger partial charge in [-0.1, -0.05) is 26.0 Å². The SMILES string of the molecule is COc1ccc(C2C(C(=O)N[C@H](CC(C)C)C(=O)O)CCC(=O)N2C)cc1. The molecule has 2 N–H and O–H groups in total. The Labute approximate surface area is 159 Å². The molecular weight excluding hydrogens is 348 g/mol. The first-order chi connectivity index (χ1) is 12.7. The van der Waals surface area contributed by atoms with Crippen LogP contribution in [0.4, 0.5) is 0 Å². The molecule has 1 aliphatic rings. The molecular formula is C20H28N2O5. The van der Waals surface area contributed by atoms with Crippen LogP contribution in [0.3, 0.4) is 0 Å². The quantitative estimate of drug-likeness (QED) is 0.761. The van der Waals surface area contributed by atoms with E-state index in [-0.39, 0.29) is 24.2 Å². The van der Waals surface area contributed by atoms with E-state index in [1.807, 2.05) is 26.0 Å². The molecule has 1 aliphatic heterocycles. The summed E-state index contributed by atoms with van der Waals surface area (Å²) in [6.07, 6.45) is 1.01. The molecule has 2 rings (SSSR count). The van der Waals surface area contributed by atoms with Gasteiger partial charge in [-0.3, -0.25) is 9.59 Å². The van der Waals surface area contributed by atoms with Gasteiger partial charge in [0.2, 0.25) is 11.8 Å². The lowest BCUT2D eigenvalue weighted by Gasteiger charge is -2.39. The molecule has 1 aromatic carbocycles. The van der Waals surface area contributed by atoms with E-state index in [9.17, 15) is 19.5 Å². The third-order valence-electron chi connectivity index (χ3n) is 4.98. The summed E-state index contributed by atoms with van der Waals surface area (Å²) < 4.78 is 5.17. The van der Waals surface area contributed by atoms with Crippen molar-refractivity contribution in [2.75, 3.05) is 14.2 Å². The molecule has 2 amide bonds. The molecule has 1 fully saturated rings. The fourth-order valence-electron chi connectivity index (χ4n) is 3.54. The molecule has 0 saturated carbocycles. The number of amides is 2. The lowest BCUT2D eigenvalue weighted by Crippen LogP contribution is -2.50. The number of nitrogens with zero attached hydrogens (tertiary/aromatic N) is 1. The van der Waals surface area contributed by atoms with Gasteiger partial charge >= 0.3 is 5.97 Å². The number of benzene rings is 1. The van der Waals surface area contributed by atoms with Gasteiger partial charge in [0.05, 0.1) is 19.1 Å². The molecule has 1 saturated heterocycles. The number of carboxylic acids is 1. The molecule has 2 unspecified atom stereocenters. The summed E-state index contributed by atoms with van der Waals surface area (Å²) >= 11 is 0. The van der Waals surface area contributed by atoms with E-state index >= 15 is 0 Å². The Bertz CT molecular complexity index is 686. The Kier molecular flexibility index (Phi) is 6.82. The van der Waals surface area contributed by atoms with Gasteiger partial charge in [0.25, 0.3) is 0 Å². The zero-order chi connectivity index (χ0) is 20.1. The van der Waals surface area contributed by atoms with Crippen molar-refractivity contribution < 1.29 is 24.2 Å². The van der Waals surface area contributed by atoms with E-state index in [1.54, 1.807) is 31.2 Å². The molecule has 0 radical (unpaired) electrons. The summed E-state index contributed by atoms with van der Waals surface area (Å²) in [5.74, 6) is -1.08. The number of ether oxygens (including phenoxy) is 1. The molecule has 7 heteroatoms. The number of carbonyl (C=O) groups excluding carboxylic acids is 2. The Morgan fingerprint density at radius 1 is 1.30 bits per heavy atom. The van der Waals surface area contributed by atoms with Gasteiger partial charge in [0.15, 0.2) is 0 Å². The first kappa shape index (κ1) is 20.7. The number of hydrogen-bond donors (Lipinski definition) is 2. The van der Waals surface area contributed by atoms with Crippen molar-refractivity contribution in [2.24, 2.45) is 11.8 Å². The lowest BCUT2D eigenvalue weighted by atomic mass is 9.83. The maximum atomic E-state index is 12.9. The number of piperidine rings is 1. The van der Waals surface area contributed by atoms with Crippen molar-refractivity contribution in [3.63, 3.8) is 0 Å². The smallest absolute Gasteiger partial charge is 0.326 e. The zero-order valence-corrected chi connectivity index (χ0v) is 16.3. The van der Waals surface area contributed by atoms with E-state index in [0.717, 1.165) is 5.56 Å². The summed E-state index contributed by atoms with van der Waals surface area (Å²) in [7, 11) is 3.25. The van der Waals surface area contributed by atoms with Crippen LogP contribution < -0.4 is 10.1 Å². The average Bonchev–Trinajstić information content (AvgIpc) is 2.62. The minimum atomic E-state index is -1.04. The van der Waals surface area contributed by atoms with Crippen LogP contribution in [0.15, 0.2) is 24.3 Å². The first-order valence-corrected chi connectivity index (χ1v) is 9.17. The molecule has 27 heavy (non-hydrogen) atoms. The highest BCUT2D eigenvalue weighted by Crippen LogP contribution is 2.36. The minimum Gasteiger partial charge on any atom is -0.497 e. The van der Waals surface area contributed by atoms with E-state index in [2.05, 4.69) is 5.32 Å². The van der Waals surface area contributed by atoms with Gasteiger partial charge in [-0.15, -0.1) is 0 Å². The predicted molar refractivity (Wildman–Crippen MR) is 100 cm³/mol. The molecule has 3 atom stereocenters. The summed E-state index contributed by atoms with van der Waals surface area (Å²) in [5, 5.41) is 12.1. The zero-order valence-electron chi connectivity index (χ0n) is 16.3. The number of likely N-dealkylation sites (tertiary alicyclic amines) is 1. The molecule has 7 nitrogen and oxygen atoms in total. The Hall–Kier alpha value is -2.57. The van der Waals surface area contributed by atoms with Crippen molar-refractivity contribution in [1.82, 2.24) is 10.2 Å². The highest BCUT2D eigenvalue weighted by atomic mass is 16.5. The molecule has 148 valence electrons. The first-order valence-electron chi connectivity index (χ1n) is 9.17. The van der Waals surface area contributed by atoms with Crippen molar-refractivity contribution in [1.29, 1.82) is 0 Å². The number of nitrogens with one attached hydrogen (secondary N) is 1. The minimum absolute atomic E-state index is 0.0307. The fourth-order valence-corrected chi connectivity index (χ4v) is 3.54. The second-order valence-corrected chi connectivity index (χ2v) is 7.40. The number of hydrogen-bond acceptors (Lipinski definition) is 4. The lowest BCUT2D eigenvalue weighted by molar-refractivity contribution is -0.146. The van der Waals surface area contributed by atoms with E-state index < -0.39 is 24.0 Å². The summed E-state index contributed by atoms with van der Waals surface area (Å²) in [6.45, 7) is 3.82. The number of carboxylic acid groups (broad SMARTS) is 1. The molecule has 0 aromatic heterocycles. The molecule has 0 bridgehead atoms. The second kappa shape index (κ2) is 8.88. The van der Waals surface area contributed by atoms with Crippen molar-refractivity contribution in [2.45, 2.75) is 45.2 Å². The van der Waals surface area contributed by atoms with Gasteiger partial charge in [0, 0.05) is 13.5 Å². The van der Waals surface area contributed by atoms with Crippen LogP contribution in [0.1, 0.15) is 44.7 Å². The number of rotatable bonds is 7. The second-order valence-electron chi connectivity index (χ2n) is 7.40. The summed E-state index contributed by atoms with van der Waals surface area (Å²) in [5.41, 5.74) is 0.822. The van der Waals surface area contributed by atoms with E-state index in [4.69, 9.17) is 4.74 Å². The van der Waals surface area contributed by atoms with Crippen LogP contribution in [-0.2, 0) is 14.4 Å². The Morgan fingerprint density at radius 3 is 2.44 bits per heavy atom. The number of aliphatic carboxylic acids is 1. The van der Waals surface area contributed by atoms with Crippen molar-refractivity contribution in [3.8, 4) is 5.75 Å². The number of carbonyl (C=O) groups is 3. The Morgan fingerprint density at radius 2 is 1.93 bits per heavy atom. The third-order valence-corrected chi connectivity index (χ3v) is 4.98. The van der Waals surface area contributed by atoms with Gasteiger partial charge in [-0.05, 0) is 36.5 Å².